The molecule has 6 nitrogen and oxygen atoms in total. The number of fused-ring (bicyclic) bond motifs is 1. The molecule has 0 radical (unpaired) electrons. The fourth-order valence-electron chi connectivity index (χ4n) is 2.77. The molecule has 0 atom stereocenters. The summed E-state index contributed by atoms with van der Waals surface area (Å²) in [7, 11) is 0. The minimum Gasteiger partial charge on any atom is -0.435 e. The van der Waals surface area contributed by atoms with Crippen molar-refractivity contribution in [3.8, 4) is 11.6 Å². The Labute approximate surface area is 177 Å². The summed E-state index contributed by atoms with van der Waals surface area (Å²) in [4.78, 5) is 12.4. The van der Waals surface area contributed by atoms with Gasteiger partial charge >= 0.3 is 6.18 Å². The molecule has 2 heterocycles. The molecule has 3 N–H and O–H groups in total. The fraction of sp³-hybridized carbons (Fsp3) is 0.0500. The predicted molar refractivity (Wildman–Crippen MR) is 111 cm³/mol. The van der Waals surface area contributed by atoms with E-state index >= 15 is 0 Å². The summed E-state index contributed by atoms with van der Waals surface area (Å²) in [6.45, 7) is 0. The van der Waals surface area contributed by atoms with E-state index in [9.17, 15) is 13.2 Å². The Morgan fingerprint density at radius 2 is 1.83 bits per heavy atom. The van der Waals surface area contributed by atoms with Crippen LogP contribution in [0.2, 0.25) is 0 Å². The molecule has 0 saturated carbocycles. The molecule has 152 valence electrons. The minimum absolute atomic E-state index is 0.0434. The molecule has 0 fully saturated rings. The molecule has 0 bridgehead atoms. The summed E-state index contributed by atoms with van der Waals surface area (Å²) in [6, 6.07) is 11.9. The molecule has 30 heavy (non-hydrogen) atoms. The van der Waals surface area contributed by atoms with Crippen molar-refractivity contribution in [2.24, 2.45) is 0 Å². The van der Waals surface area contributed by atoms with Crippen LogP contribution in [0.4, 0.5) is 30.4 Å². The molecular formula is C20H13BrF3N5O. The van der Waals surface area contributed by atoms with Crippen LogP contribution in [0.1, 0.15) is 5.56 Å². The molecule has 2 aromatic carbocycles. The number of alkyl halides is 3. The average Bonchev–Trinajstić information content (AvgIpc) is 2.73. The molecule has 0 saturated heterocycles. The lowest BCUT2D eigenvalue weighted by molar-refractivity contribution is -0.137. The highest BCUT2D eigenvalue weighted by Gasteiger charge is 2.30. The van der Waals surface area contributed by atoms with Crippen molar-refractivity contribution >= 4 is 44.0 Å². The molecular weight excluding hydrogens is 463 g/mol. The van der Waals surface area contributed by atoms with Gasteiger partial charge in [-0.25, -0.2) is 4.98 Å². The van der Waals surface area contributed by atoms with Gasteiger partial charge in [0.25, 0.3) is 0 Å². The van der Waals surface area contributed by atoms with Crippen LogP contribution in [0.15, 0.2) is 65.5 Å². The van der Waals surface area contributed by atoms with Crippen LogP contribution in [0, 0.1) is 0 Å². The maximum absolute atomic E-state index is 12.9. The Hall–Kier alpha value is -3.40. The Morgan fingerprint density at radius 3 is 2.63 bits per heavy atom. The van der Waals surface area contributed by atoms with Crippen LogP contribution >= 0.6 is 15.9 Å². The SMILES string of the molecule is Nc1c(Nc2cccc(C(F)(F)F)c2)ncnc1Oc1ccc(Br)c2cccnc12. The highest BCUT2D eigenvalue weighted by molar-refractivity contribution is 9.10. The molecule has 0 amide bonds. The van der Waals surface area contributed by atoms with Gasteiger partial charge in [-0.15, -0.1) is 0 Å². The number of anilines is 3. The largest absolute Gasteiger partial charge is 0.435 e. The van der Waals surface area contributed by atoms with Crippen LogP contribution in [-0.4, -0.2) is 15.0 Å². The lowest BCUT2D eigenvalue weighted by Gasteiger charge is -2.14. The van der Waals surface area contributed by atoms with Crippen LogP contribution in [0.25, 0.3) is 10.9 Å². The average molecular weight is 476 g/mol. The van der Waals surface area contributed by atoms with Crippen LogP contribution in [0.5, 0.6) is 11.6 Å². The highest BCUT2D eigenvalue weighted by Crippen LogP contribution is 2.36. The number of pyridine rings is 1. The van der Waals surface area contributed by atoms with Gasteiger partial charge in [0, 0.05) is 21.7 Å². The number of nitrogens with two attached hydrogens (primary N) is 1. The number of hydrogen-bond donors (Lipinski definition) is 2. The summed E-state index contributed by atoms with van der Waals surface area (Å²) in [5, 5.41) is 3.62. The second-order valence-electron chi connectivity index (χ2n) is 6.19. The van der Waals surface area contributed by atoms with Gasteiger partial charge in [0.05, 0.1) is 5.56 Å². The smallest absolute Gasteiger partial charge is 0.416 e. The van der Waals surface area contributed by atoms with E-state index in [1.54, 1.807) is 24.4 Å². The summed E-state index contributed by atoms with van der Waals surface area (Å²) in [5.74, 6) is 0.590. The Morgan fingerprint density at radius 1 is 1.00 bits per heavy atom. The molecule has 4 aromatic rings. The van der Waals surface area contributed by atoms with Crippen molar-refractivity contribution in [1.29, 1.82) is 0 Å². The Kier molecular flexibility index (Phi) is 5.17. The first-order chi connectivity index (χ1) is 14.3. The van der Waals surface area contributed by atoms with Crippen molar-refractivity contribution in [3.63, 3.8) is 0 Å². The zero-order chi connectivity index (χ0) is 21.3. The Balaban J connectivity index is 1.66. The van der Waals surface area contributed by atoms with Crippen LogP contribution < -0.4 is 15.8 Å². The first-order valence-corrected chi connectivity index (χ1v) is 9.38. The van der Waals surface area contributed by atoms with Gasteiger partial charge in [-0.2, -0.15) is 18.2 Å². The lowest BCUT2D eigenvalue weighted by atomic mass is 10.2. The number of halogens is 4. The number of rotatable bonds is 4. The zero-order valence-electron chi connectivity index (χ0n) is 15.1. The minimum atomic E-state index is -4.46. The zero-order valence-corrected chi connectivity index (χ0v) is 16.7. The second-order valence-corrected chi connectivity index (χ2v) is 7.05. The second kappa shape index (κ2) is 7.79. The topological polar surface area (TPSA) is 86.0 Å². The highest BCUT2D eigenvalue weighted by atomic mass is 79.9. The third-order valence-corrected chi connectivity index (χ3v) is 4.88. The van der Waals surface area contributed by atoms with E-state index < -0.39 is 11.7 Å². The third-order valence-electron chi connectivity index (χ3n) is 4.19. The summed E-state index contributed by atoms with van der Waals surface area (Å²) in [5.41, 5.74) is 6.14. The van der Waals surface area contributed by atoms with Crippen molar-refractivity contribution < 1.29 is 17.9 Å². The van der Waals surface area contributed by atoms with E-state index in [0.717, 1.165) is 22.0 Å². The van der Waals surface area contributed by atoms with Crippen LogP contribution in [-0.2, 0) is 6.18 Å². The quantitative estimate of drug-likeness (QED) is 0.380. The summed E-state index contributed by atoms with van der Waals surface area (Å²) >= 11 is 3.46. The monoisotopic (exact) mass is 475 g/mol. The summed E-state index contributed by atoms with van der Waals surface area (Å²) < 4.78 is 45.5. The molecule has 0 unspecified atom stereocenters. The van der Waals surface area contributed by atoms with Crippen molar-refractivity contribution in [3.05, 3.63) is 71.1 Å². The maximum Gasteiger partial charge on any atom is 0.416 e. The normalized spacial score (nSPS) is 11.5. The number of aromatic nitrogens is 3. The standard InChI is InChI=1S/C20H13BrF3N5O/c21-14-6-7-15(17-13(14)5-2-8-26-17)30-19-16(25)18(27-10-28-19)29-12-4-1-3-11(9-12)20(22,23)24/h1-10H,25H2,(H,27,28,29). The van der Waals surface area contributed by atoms with Gasteiger partial charge in [0.15, 0.2) is 11.6 Å². The third kappa shape index (κ3) is 3.99. The molecule has 0 spiro atoms. The van der Waals surface area contributed by atoms with Crippen molar-refractivity contribution in [2.45, 2.75) is 6.18 Å². The number of nitrogens with zero attached hydrogens (tertiary/aromatic N) is 3. The number of hydrogen-bond acceptors (Lipinski definition) is 6. The molecule has 4 rings (SSSR count). The number of benzene rings is 2. The number of nitrogen functional groups attached to an aromatic ring is 1. The molecule has 0 aliphatic carbocycles. The first kappa shape index (κ1) is 19.9. The molecule has 2 aromatic heterocycles. The van der Waals surface area contributed by atoms with Gasteiger partial charge in [-0.1, -0.05) is 28.1 Å². The molecule has 0 aliphatic heterocycles. The van der Waals surface area contributed by atoms with E-state index in [0.29, 0.717) is 11.3 Å². The predicted octanol–water partition coefficient (Wildman–Crippen LogP) is 5.92. The number of ether oxygens (including phenoxy) is 1. The fourth-order valence-corrected chi connectivity index (χ4v) is 3.22. The van der Waals surface area contributed by atoms with E-state index in [1.165, 1.54) is 18.5 Å². The van der Waals surface area contributed by atoms with Gasteiger partial charge < -0.3 is 15.8 Å². The first-order valence-electron chi connectivity index (χ1n) is 8.59. The van der Waals surface area contributed by atoms with E-state index in [2.05, 4.69) is 36.2 Å². The maximum atomic E-state index is 12.9. The van der Waals surface area contributed by atoms with Gasteiger partial charge in [-0.05, 0) is 36.4 Å². The van der Waals surface area contributed by atoms with Crippen LogP contribution in [0.3, 0.4) is 0 Å². The van der Waals surface area contributed by atoms with E-state index in [1.807, 2.05) is 6.07 Å². The molecule has 0 aliphatic rings. The van der Waals surface area contributed by atoms with Gasteiger partial charge in [0.1, 0.15) is 17.5 Å². The van der Waals surface area contributed by atoms with Gasteiger partial charge in [0.2, 0.25) is 5.88 Å². The summed E-state index contributed by atoms with van der Waals surface area (Å²) in [6.07, 6.45) is -1.62. The van der Waals surface area contributed by atoms with Gasteiger partial charge in [-0.3, -0.25) is 4.98 Å². The number of nitrogens with one attached hydrogen (secondary N) is 1. The van der Waals surface area contributed by atoms with E-state index in [4.69, 9.17) is 10.5 Å². The lowest BCUT2D eigenvalue weighted by Crippen LogP contribution is -2.06. The Bertz CT molecular complexity index is 1230. The van der Waals surface area contributed by atoms with Crippen molar-refractivity contribution in [1.82, 2.24) is 15.0 Å². The van der Waals surface area contributed by atoms with E-state index in [-0.39, 0.29) is 23.1 Å². The van der Waals surface area contributed by atoms with Crippen molar-refractivity contribution in [2.75, 3.05) is 11.1 Å². The molecule has 10 heteroatoms.